The molecule has 1 amide bonds. The highest BCUT2D eigenvalue weighted by molar-refractivity contribution is 9.10. The second-order valence-electron chi connectivity index (χ2n) is 7.41. The summed E-state index contributed by atoms with van der Waals surface area (Å²) in [7, 11) is -4.23. The lowest BCUT2D eigenvalue weighted by Crippen LogP contribution is -2.29. The fraction of sp³-hybridized carbons (Fsp3) is 0.125. The highest BCUT2D eigenvalue weighted by Crippen LogP contribution is 2.44. The van der Waals surface area contributed by atoms with Crippen LogP contribution in [0.3, 0.4) is 0 Å². The smallest absolute Gasteiger partial charge is 0.271 e. The number of nitro groups is 1. The number of hydrogen-bond donors (Lipinski definition) is 0. The standard InChI is InChI=1S/C24H19BrN2O6S/c1-2-33-21-12-10-19(11-13-21)26-23(28)22(14-16-6-8-18(25)9-7-16)34(31,32)24(26)17-4-3-5-20(15-17)27(29)30/h3-15,24H,2H2,1H3. The van der Waals surface area contributed by atoms with Crippen LogP contribution in [0.5, 0.6) is 5.75 Å². The summed E-state index contributed by atoms with van der Waals surface area (Å²) in [6.45, 7) is 2.29. The number of carbonyl (C=O) groups is 1. The second kappa shape index (κ2) is 9.40. The van der Waals surface area contributed by atoms with E-state index in [1.54, 1.807) is 48.5 Å². The average Bonchev–Trinajstić information content (AvgIpc) is 3.01. The summed E-state index contributed by atoms with van der Waals surface area (Å²) in [6.07, 6.45) is 1.32. The molecule has 0 radical (unpaired) electrons. The van der Waals surface area contributed by atoms with Crippen molar-refractivity contribution in [3.63, 3.8) is 0 Å². The number of amides is 1. The number of ether oxygens (including phenoxy) is 1. The Morgan fingerprint density at radius 3 is 2.38 bits per heavy atom. The molecule has 0 spiro atoms. The normalized spacial score (nSPS) is 18.3. The van der Waals surface area contributed by atoms with E-state index in [4.69, 9.17) is 4.74 Å². The van der Waals surface area contributed by atoms with Crippen LogP contribution in [0.2, 0.25) is 0 Å². The third-order valence-electron chi connectivity index (χ3n) is 5.22. The number of anilines is 1. The fourth-order valence-electron chi connectivity index (χ4n) is 3.70. The van der Waals surface area contributed by atoms with Crippen LogP contribution in [0.15, 0.2) is 82.2 Å². The predicted octanol–water partition coefficient (Wildman–Crippen LogP) is 5.26. The third kappa shape index (κ3) is 4.46. The van der Waals surface area contributed by atoms with Gasteiger partial charge in [0.25, 0.3) is 11.6 Å². The van der Waals surface area contributed by atoms with Crippen molar-refractivity contribution >= 4 is 49.1 Å². The minimum Gasteiger partial charge on any atom is -0.494 e. The molecule has 1 unspecified atom stereocenters. The molecular weight excluding hydrogens is 524 g/mol. The molecule has 4 rings (SSSR count). The third-order valence-corrected chi connectivity index (χ3v) is 7.73. The molecule has 1 fully saturated rings. The molecule has 3 aromatic rings. The summed E-state index contributed by atoms with van der Waals surface area (Å²) in [5, 5.41) is 9.86. The van der Waals surface area contributed by atoms with Crippen molar-refractivity contribution < 1.29 is 22.9 Å². The number of nitro benzene ring substituents is 1. The molecule has 10 heteroatoms. The molecule has 0 N–H and O–H groups in total. The molecule has 3 aromatic carbocycles. The van der Waals surface area contributed by atoms with Gasteiger partial charge in [0.05, 0.1) is 11.5 Å². The van der Waals surface area contributed by atoms with Gasteiger partial charge in [0.15, 0.2) is 5.37 Å². The molecule has 1 heterocycles. The maximum atomic E-state index is 13.7. The van der Waals surface area contributed by atoms with Crippen molar-refractivity contribution in [3.8, 4) is 5.75 Å². The molecule has 0 aromatic heterocycles. The van der Waals surface area contributed by atoms with E-state index in [0.717, 1.165) is 9.37 Å². The van der Waals surface area contributed by atoms with Gasteiger partial charge in [0.1, 0.15) is 10.7 Å². The lowest BCUT2D eigenvalue weighted by atomic mass is 10.1. The Labute approximate surface area is 204 Å². The molecule has 1 aliphatic rings. The van der Waals surface area contributed by atoms with Gasteiger partial charge in [0, 0.05) is 22.3 Å². The van der Waals surface area contributed by atoms with E-state index in [-0.39, 0.29) is 16.2 Å². The van der Waals surface area contributed by atoms with Crippen LogP contribution in [0.4, 0.5) is 11.4 Å². The summed E-state index contributed by atoms with van der Waals surface area (Å²) in [6, 6.07) is 18.6. The van der Waals surface area contributed by atoms with Crippen molar-refractivity contribution in [2.24, 2.45) is 0 Å². The average molecular weight is 543 g/mol. The van der Waals surface area contributed by atoms with Gasteiger partial charge in [0.2, 0.25) is 9.84 Å². The van der Waals surface area contributed by atoms with E-state index < -0.39 is 26.0 Å². The van der Waals surface area contributed by atoms with Crippen molar-refractivity contribution in [2.75, 3.05) is 11.5 Å². The van der Waals surface area contributed by atoms with Gasteiger partial charge < -0.3 is 4.74 Å². The second-order valence-corrected chi connectivity index (χ2v) is 10.3. The number of hydrogen-bond acceptors (Lipinski definition) is 6. The number of carbonyl (C=O) groups excluding carboxylic acids is 1. The molecule has 8 nitrogen and oxygen atoms in total. The number of non-ortho nitro benzene ring substituents is 1. The van der Waals surface area contributed by atoms with E-state index >= 15 is 0 Å². The molecular formula is C24H19BrN2O6S. The molecule has 1 atom stereocenters. The van der Waals surface area contributed by atoms with Gasteiger partial charge in [-0.1, -0.05) is 40.2 Å². The molecule has 1 saturated heterocycles. The van der Waals surface area contributed by atoms with Crippen LogP contribution < -0.4 is 9.64 Å². The number of sulfone groups is 1. The van der Waals surface area contributed by atoms with Crippen LogP contribution in [-0.4, -0.2) is 25.9 Å². The Bertz CT molecular complexity index is 1390. The maximum absolute atomic E-state index is 13.7. The quantitative estimate of drug-likeness (QED) is 0.239. The van der Waals surface area contributed by atoms with Crippen molar-refractivity contribution in [2.45, 2.75) is 12.3 Å². The van der Waals surface area contributed by atoms with E-state index in [1.165, 1.54) is 30.3 Å². The fourth-order valence-corrected chi connectivity index (χ4v) is 5.85. The van der Waals surface area contributed by atoms with E-state index in [9.17, 15) is 23.3 Å². The van der Waals surface area contributed by atoms with Crippen molar-refractivity contribution in [3.05, 3.63) is 103 Å². The van der Waals surface area contributed by atoms with Crippen LogP contribution >= 0.6 is 15.9 Å². The SMILES string of the molecule is CCOc1ccc(N2C(=O)C(=Cc3ccc(Br)cc3)S(=O)(=O)C2c2cccc([N+](=O)[O-])c2)cc1. The number of rotatable bonds is 6. The zero-order valence-corrected chi connectivity index (χ0v) is 20.3. The maximum Gasteiger partial charge on any atom is 0.271 e. The Hall–Kier alpha value is -3.50. The first-order chi connectivity index (χ1) is 16.2. The molecule has 0 saturated carbocycles. The molecule has 0 aliphatic carbocycles. The summed E-state index contributed by atoms with van der Waals surface area (Å²) in [5.74, 6) is -0.151. The minimum atomic E-state index is -4.23. The number of nitrogens with zero attached hydrogens (tertiary/aromatic N) is 2. The Kier molecular flexibility index (Phi) is 6.54. The van der Waals surface area contributed by atoms with Gasteiger partial charge >= 0.3 is 0 Å². The van der Waals surface area contributed by atoms with Crippen LogP contribution in [0.1, 0.15) is 23.4 Å². The molecule has 0 bridgehead atoms. The first-order valence-corrected chi connectivity index (χ1v) is 12.6. The topological polar surface area (TPSA) is 107 Å². The van der Waals surface area contributed by atoms with Crippen LogP contribution in [0, 0.1) is 10.1 Å². The van der Waals surface area contributed by atoms with Crippen molar-refractivity contribution in [1.29, 1.82) is 0 Å². The van der Waals surface area contributed by atoms with Gasteiger partial charge in [-0.3, -0.25) is 19.8 Å². The lowest BCUT2D eigenvalue weighted by Gasteiger charge is -2.23. The van der Waals surface area contributed by atoms with Gasteiger partial charge in [-0.2, -0.15) is 0 Å². The van der Waals surface area contributed by atoms with Crippen LogP contribution in [-0.2, 0) is 14.6 Å². The number of halogens is 1. The van der Waals surface area contributed by atoms with E-state index in [1.807, 2.05) is 6.92 Å². The Balaban J connectivity index is 1.89. The number of benzene rings is 3. The van der Waals surface area contributed by atoms with E-state index in [0.29, 0.717) is 23.6 Å². The van der Waals surface area contributed by atoms with E-state index in [2.05, 4.69) is 15.9 Å². The summed E-state index contributed by atoms with van der Waals surface area (Å²) < 4.78 is 33.6. The van der Waals surface area contributed by atoms with Crippen LogP contribution in [0.25, 0.3) is 6.08 Å². The molecule has 1 aliphatic heterocycles. The van der Waals surface area contributed by atoms with Gasteiger partial charge in [-0.25, -0.2) is 8.42 Å². The Morgan fingerprint density at radius 1 is 1.09 bits per heavy atom. The van der Waals surface area contributed by atoms with Crippen molar-refractivity contribution in [1.82, 2.24) is 0 Å². The highest BCUT2D eigenvalue weighted by atomic mass is 79.9. The molecule has 34 heavy (non-hydrogen) atoms. The zero-order chi connectivity index (χ0) is 24.5. The first kappa shape index (κ1) is 23.7. The highest BCUT2D eigenvalue weighted by Gasteiger charge is 2.50. The largest absolute Gasteiger partial charge is 0.494 e. The Morgan fingerprint density at radius 2 is 1.76 bits per heavy atom. The van der Waals surface area contributed by atoms with Gasteiger partial charge in [-0.15, -0.1) is 0 Å². The predicted molar refractivity (Wildman–Crippen MR) is 132 cm³/mol. The first-order valence-electron chi connectivity index (χ1n) is 10.2. The lowest BCUT2D eigenvalue weighted by molar-refractivity contribution is -0.384. The monoisotopic (exact) mass is 542 g/mol. The minimum absolute atomic E-state index is 0.121. The zero-order valence-electron chi connectivity index (χ0n) is 17.9. The summed E-state index contributed by atoms with van der Waals surface area (Å²) in [5.41, 5.74) is 0.710. The summed E-state index contributed by atoms with van der Waals surface area (Å²) >= 11 is 3.33. The van der Waals surface area contributed by atoms with Gasteiger partial charge in [-0.05, 0) is 60.5 Å². The molecule has 174 valence electrons. The summed E-state index contributed by atoms with van der Waals surface area (Å²) in [4.78, 5) is 25.0.